The Morgan fingerprint density at radius 3 is 2.02 bits per heavy atom. The Morgan fingerprint density at radius 1 is 0.800 bits per heavy atom. The van der Waals surface area contributed by atoms with E-state index in [9.17, 15) is 22.4 Å². The van der Waals surface area contributed by atoms with Gasteiger partial charge in [-0.3, -0.25) is 9.59 Å². The fourth-order valence-corrected chi connectivity index (χ4v) is 7.49. The van der Waals surface area contributed by atoms with E-state index >= 15 is 0 Å². The van der Waals surface area contributed by atoms with Crippen LogP contribution in [0.25, 0.3) is 0 Å². The molecule has 2 aromatic carbocycles. The Morgan fingerprint density at radius 2 is 1.40 bits per heavy atom. The summed E-state index contributed by atoms with van der Waals surface area (Å²) < 4.78 is 36.5. The lowest BCUT2D eigenvalue weighted by Crippen LogP contribution is -2.40. The van der Waals surface area contributed by atoms with Gasteiger partial charge in [0.25, 0.3) is 5.91 Å². The molecule has 0 atom stereocenters. The number of nitrogens with zero attached hydrogens (tertiary/aromatic N) is 2. The van der Waals surface area contributed by atoms with Crippen LogP contribution >= 0.6 is 0 Å². The van der Waals surface area contributed by atoms with E-state index in [-0.39, 0.29) is 41.0 Å². The predicted octanol–water partition coefficient (Wildman–Crippen LogP) is 4.33. The fourth-order valence-electron chi connectivity index (χ4n) is 6.29. The first-order valence-electron chi connectivity index (χ1n) is 14.6. The van der Waals surface area contributed by atoms with Gasteiger partial charge in [0.15, 0.2) is 15.6 Å². The van der Waals surface area contributed by atoms with Gasteiger partial charge in [0.1, 0.15) is 5.82 Å². The fraction of sp³-hybridized carbons (Fsp3) is 0.548. The van der Waals surface area contributed by atoms with Crippen LogP contribution in [0.2, 0.25) is 0 Å². The minimum Gasteiger partial charge on any atom is -0.369 e. The van der Waals surface area contributed by atoms with Gasteiger partial charge in [-0.05, 0) is 119 Å². The molecule has 7 nitrogen and oxygen atoms in total. The van der Waals surface area contributed by atoms with Crippen molar-refractivity contribution >= 4 is 27.2 Å². The molecule has 40 heavy (non-hydrogen) atoms. The highest BCUT2D eigenvalue weighted by Crippen LogP contribution is 2.29. The quantitative estimate of drug-likeness (QED) is 0.476. The molecule has 3 fully saturated rings. The van der Waals surface area contributed by atoms with Gasteiger partial charge in [0.05, 0.1) is 11.5 Å². The summed E-state index contributed by atoms with van der Waals surface area (Å²) >= 11 is 0. The Balaban J connectivity index is 0.989. The maximum absolute atomic E-state index is 13.2. The largest absolute Gasteiger partial charge is 0.369 e. The van der Waals surface area contributed by atoms with Crippen molar-refractivity contribution in [3.8, 4) is 0 Å². The van der Waals surface area contributed by atoms with Crippen molar-refractivity contribution in [3.63, 3.8) is 0 Å². The number of benzene rings is 2. The Bertz CT molecular complexity index is 1250. The minimum atomic E-state index is -2.92. The maximum Gasteiger partial charge on any atom is 0.251 e. The average molecular weight is 570 g/mol. The molecule has 2 aliphatic heterocycles. The maximum atomic E-state index is 13.2. The highest BCUT2D eigenvalue weighted by Gasteiger charge is 2.28. The Kier molecular flexibility index (Phi) is 9.20. The molecule has 3 aliphatic rings. The minimum absolute atomic E-state index is 0.0283. The average Bonchev–Trinajstić information content (AvgIpc) is 2.97. The first kappa shape index (κ1) is 28.7. The smallest absolute Gasteiger partial charge is 0.251 e. The molecule has 0 unspecified atom stereocenters. The molecule has 2 saturated heterocycles. The van der Waals surface area contributed by atoms with Crippen molar-refractivity contribution in [2.45, 2.75) is 51.0 Å². The van der Waals surface area contributed by atoms with E-state index in [2.05, 4.69) is 15.1 Å². The molecule has 1 aliphatic carbocycles. The van der Waals surface area contributed by atoms with Crippen molar-refractivity contribution in [1.82, 2.24) is 10.2 Å². The number of carbonyl (C=O) groups is 2. The molecule has 9 heteroatoms. The predicted molar refractivity (Wildman–Crippen MR) is 155 cm³/mol. The highest BCUT2D eigenvalue weighted by atomic mass is 32.2. The van der Waals surface area contributed by atoms with E-state index < -0.39 is 9.84 Å². The Labute approximate surface area is 237 Å². The molecule has 1 saturated carbocycles. The number of sulfone groups is 1. The molecule has 0 aromatic heterocycles. The van der Waals surface area contributed by atoms with Crippen LogP contribution in [0.5, 0.6) is 0 Å². The summed E-state index contributed by atoms with van der Waals surface area (Å²) in [5.41, 5.74) is 2.20. The van der Waals surface area contributed by atoms with Gasteiger partial charge in [-0.1, -0.05) is 0 Å². The van der Waals surface area contributed by atoms with E-state index in [4.69, 9.17) is 0 Å². The number of piperidine rings is 1. The van der Waals surface area contributed by atoms with Crippen molar-refractivity contribution in [3.05, 3.63) is 65.5 Å². The van der Waals surface area contributed by atoms with E-state index in [0.717, 1.165) is 70.3 Å². The van der Waals surface area contributed by atoms with Crippen LogP contribution in [-0.2, 0) is 9.84 Å². The third kappa shape index (κ3) is 7.49. The Hall–Kier alpha value is -2.78. The molecule has 0 bridgehead atoms. The van der Waals surface area contributed by atoms with E-state index in [1.165, 1.54) is 12.1 Å². The molecule has 5 rings (SSSR count). The third-order valence-electron chi connectivity index (χ3n) is 8.96. The van der Waals surface area contributed by atoms with Crippen LogP contribution in [0.15, 0.2) is 48.5 Å². The lowest BCUT2D eigenvalue weighted by Gasteiger charge is -2.34. The number of halogens is 1. The number of hydrogen-bond donors (Lipinski definition) is 1. The lowest BCUT2D eigenvalue weighted by atomic mass is 9.83. The number of ketones is 1. The number of amides is 1. The summed E-state index contributed by atoms with van der Waals surface area (Å²) in [6, 6.07) is 13.6. The van der Waals surface area contributed by atoms with Gasteiger partial charge in [-0.25, -0.2) is 12.8 Å². The normalized spacial score (nSPS) is 24.0. The van der Waals surface area contributed by atoms with Crippen molar-refractivity contribution in [2.75, 3.05) is 49.1 Å². The number of nitrogens with one attached hydrogen (secondary N) is 1. The second-order valence-electron chi connectivity index (χ2n) is 11.7. The molecule has 1 N–H and O–H groups in total. The molecule has 2 heterocycles. The van der Waals surface area contributed by atoms with Gasteiger partial charge < -0.3 is 15.1 Å². The summed E-state index contributed by atoms with van der Waals surface area (Å²) in [6.45, 7) is 3.89. The second-order valence-corrected chi connectivity index (χ2v) is 14.0. The summed E-state index contributed by atoms with van der Waals surface area (Å²) in [4.78, 5) is 30.1. The molecule has 0 radical (unpaired) electrons. The van der Waals surface area contributed by atoms with Gasteiger partial charge in [-0.2, -0.15) is 0 Å². The first-order valence-corrected chi connectivity index (χ1v) is 16.5. The summed E-state index contributed by atoms with van der Waals surface area (Å²) in [7, 11) is -2.92. The second kappa shape index (κ2) is 12.8. The number of hydrogen-bond acceptors (Lipinski definition) is 6. The van der Waals surface area contributed by atoms with Crippen molar-refractivity contribution in [2.24, 2.45) is 11.8 Å². The molecular weight excluding hydrogens is 529 g/mol. The standard InChI is InChI=1S/C31H40FN3O4S/c32-27-7-3-24(4-8-27)30(36)25-14-17-34(18-15-25)16-13-23-1-9-28(10-2-23)33-31(37)26-5-11-29(12-6-26)35-19-21-40(38,39)22-20-35/h3-8,11-12,23,25,28H,1-2,9-10,13-22H2,(H,33,37). The lowest BCUT2D eigenvalue weighted by molar-refractivity contribution is 0.0832. The number of carbonyl (C=O) groups excluding carboxylic acids is 2. The van der Waals surface area contributed by atoms with Crippen LogP contribution in [0.4, 0.5) is 10.1 Å². The monoisotopic (exact) mass is 569 g/mol. The SMILES string of the molecule is O=C(NC1CCC(CCN2CCC(C(=O)c3ccc(F)cc3)CC2)CC1)c1ccc(N2CCS(=O)(=O)CC2)cc1. The van der Waals surface area contributed by atoms with Crippen LogP contribution < -0.4 is 10.2 Å². The van der Waals surface area contributed by atoms with Crippen LogP contribution in [0.1, 0.15) is 65.7 Å². The van der Waals surface area contributed by atoms with Crippen LogP contribution in [0.3, 0.4) is 0 Å². The number of likely N-dealkylation sites (tertiary alicyclic amines) is 1. The van der Waals surface area contributed by atoms with E-state index in [1.807, 2.05) is 24.3 Å². The van der Waals surface area contributed by atoms with Gasteiger partial charge in [0.2, 0.25) is 0 Å². The third-order valence-corrected chi connectivity index (χ3v) is 10.6. The number of rotatable bonds is 8. The molecule has 0 spiro atoms. The number of anilines is 1. The zero-order valence-electron chi connectivity index (χ0n) is 23.1. The van der Waals surface area contributed by atoms with Crippen LogP contribution in [0, 0.1) is 17.7 Å². The molecule has 216 valence electrons. The summed E-state index contributed by atoms with van der Waals surface area (Å²) in [5, 5.41) is 3.21. The highest BCUT2D eigenvalue weighted by molar-refractivity contribution is 7.91. The van der Waals surface area contributed by atoms with Gasteiger partial charge in [-0.15, -0.1) is 0 Å². The summed E-state index contributed by atoms with van der Waals surface area (Å²) in [5.74, 6) is 0.821. The van der Waals surface area contributed by atoms with E-state index in [0.29, 0.717) is 30.1 Å². The van der Waals surface area contributed by atoms with Crippen molar-refractivity contribution < 1.29 is 22.4 Å². The molecular formula is C31H40FN3O4S. The van der Waals surface area contributed by atoms with E-state index in [1.54, 1.807) is 12.1 Å². The van der Waals surface area contributed by atoms with Crippen LogP contribution in [-0.4, -0.2) is 75.3 Å². The number of Topliss-reactive ketones (excluding diaryl/α,β-unsaturated/α-hetero) is 1. The summed E-state index contributed by atoms with van der Waals surface area (Å²) in [6.07, 6.45) is 7.07. The first-order chi connectivity index (χ1) is 19.3. The molecule has 1 amide bonds. The van der Waals surface area contributed by atoms with Gasteiger partial charge in [0, 0.05) is 41.9 Å². The topological polar surface area (TPSA) is 86.8 Å². The zero-order valence-corrected chi connectivity index (χ0v) is 23.9. The van der Waals surface area contributed by atoms with Crippen molar-refractivity contribution in [1.29, 1.82) is 0 Å². The molecule has 2 aromatic rings. The van der Waals surface area contributed by atoms with Gasteiger partial charge >= 0.3 is 0 Å². The zero-order chi connectivity index (χ0) is 28.1.